The SMILES string of the molecule is C#CCN(CC)C(=O)C(C)=C1CNC1. The number of hydrogen-bond donors (Lipinski definition) is 1. The standard InChI is InChI=1S/C11H16N2O/c1-4-6-13(5-2)11(14)9(3)10-7-12-8-10/h1,12H,5-8H2,2-3H3. The van der Waals surface area contributed by atoms with E-state index in [1.807, 2.05) is 13.8 Å². The third-order valence-corrected chi connectivity index (χ3v) is 2.48. The predicted molar refractivity (Wildman–Crippen MR) is 56.7 cm³/mol. The summed E-state index contributed by atoms with van der Waals surface area (Å²) < 4.78 is 0. The van der Waals surface area contributed by atoms with Gasteiger partial charge in [0.15, 0.2) is 0 Å². The van der Waals surface area contributed by atoms with Crippen molar-refractivity contribution < 1.29 is 4.79 Å². The molecule has 0 aromatic heterocycles. The average molecular weight is 192 g/mol. The van der Waals surface area contributed by atoms with Crippen molar-refractivity contribution in [3.8, 4) is 12.3 Å². The van der Waals surface area contributed by atoms with Crippen molar-refractivity contribution in [2.45, 2.75) is 13.8 Å². The van der Waals surface area contributed by atoms with Crippen molar-refractivity contribution in [1.82, 2.24) is 10.2 Å². The summed E-state index contributed by atoms with van der Waals surface area (Å²) in [7, 11) is 0. The van der Waals surface area contributed by atoms with Crippen LogP contribution >= 0.6 is 0 Å². The van der Waals surface area contributed by atoms with Crippen LogP contribution in [-0.4, -0.2) is 37.0 Å². The Morgan fingerprint density at radius 3 is 2.64 bits per heavy atom. The fourth-order valence-electron chi connectivity index (χ4n) is 1.34. The molecule has 0 saturated carbocycles. The highest BCUT2D eigenvalue weighted by atomic mass is 16.2. The largest absolute Gasteiger partial charge is 0.328 e. The lowest BCUT2D eigenvalue weighted by molar-refractivity contribution is -0.126. The Morgan fingerprint density at radius 2 is 2.29 bits per heavy atom. The Kier molecular flexibility index (Phi) is 3.73. The summed E-state index contributed by atoms with van der Waals surface area (Å²) in [6.45, 7) is 6.55. The Balaban J connectivity index is 2.67. The highest BCUT2D eigenvalue weighted by Crippen LogP contribution is 2.11. The molecule has 1 fully saturated rings. The number of carbonyl (C=O) groups excluding carboxylic acids is 1. The van der Waals surface area contributed by atoms with E-state index in [1.165, 1.54) is 5.57 Å². The van der Waals surface area contributed by atoms with E-state index in [-0.39, 0.29) is 5.91 Å². The molecule has 1 heterocycles. The maximum atomic E-state index is 11.8. The van der Waals surface area contributed by atoms with Gasteiger partial charge in [0.25, 0.3) is 0 Å². The van der Waals surface area contributed by atoms with Crippen molar-refractivity contribution in [2.75, 3.05) is 26.2 Å². The zero-order valence-corrected chi connectivity index (χ0v) is 8.76. The normalized spacial score (nSPS) is 14.2. The third kappa shape index (κ3) is 2.15. The molecule has 0 spiro atoms. The van der Waals surface area contributed by atoms with Crippen LogP contribution in [0.25, 0.3) is 0 Å². The van der Waals surface area contributed by atoms with Crippen molar-refractivity contribution in [1.29, 1.82) is 0 Å². The second kappa shape index (κ2) is 4.83. The summed E-state index contributed by atoms with van der Waals surface area (Å²) in [5, 5.41) is 3.12. The molecule has 76 valence electrons. The molecule has 1 saturated heterocycles. The third-order valence-electron chi connectivity index (χ3n) is 2.48. The molecular weight excluding hydrogens is 176 g/mol. The molecule has 14 heavy (non-hydrogen) atoms. The topological polar surface area (TPSA) is 32.3 Å². The maximum absolute atomic E-state index is 11.8. The van der Waals surface area contributed by atoms with Crippen LogP contribution in [0.3, 0.4) is 0 Å². The van der Waals surface area contributed by atoms with Gasteiger partial charge in [0, 0.05) is 25.2 Å². The molecule has 0 aromatic rings. The average Bonchev–Trinajstić information content (AvgIpc) is 2.10. The first-order chi connectivity index (χ1) is 6.70. The van der Waals surface area contributed by atoms with E-state index in [0.29, 0.717) is 13.1 Å². The molecule has 3 nitrogen and oxygen atoms in total. The molecule has 0 radical (unpaired) electrons. The number of nitrogens with zero attached hydrogens (tertiary/aromatic N) is 1. The molecule has 1 amide bonds. The lowest BCUT2D eigenvalue weighted by Gasteiger charge is -2.25. The van der Waals surface area contributed by atoms with Gasteiger partial charge in [0.2, 0.25) is 5.91 Å². The number of terminal acetylenes is 1. The van der Waals surface area contributed by atoms with Gasteiger partial charge < -0.3 is 10.2 Å². The van der Waals surface area contributed by atoms with Crippen molar-refractivity contribution in [2.24, 2.45) is 0 Å². The molecule has 1 N–H and O–H groups in total. The van der Waals surface area contributed by atoms with Crippen LogP contribution in [0, 0.1) is 12.3 Å². The van der Waals surface area contributed by atoms with Crippen molar-refractivity contribution in [3.63, 3.8) is 0 Å². The first-order valence-electron chi connectivity index (χ1n) is 4.82. The molecule has 1 aliphatic rings. The summed E-state index contributed by atoms with van der Waals surface area (Å²) in [6, 6.07) is 0. The molecule has 0 atom stereocenters. The van der Waals surface area contributed by atoms with E-state index in [0.717, 1.165) is 18.7 Å². The van der Waals surface area contributed by atoms with Gasteiger partial charge in [-0.1, -0.05) is 5.92 Å². The fraction of sp³-hybridized carbons (Fsp3) is 0.545. The zero-order chi connectivity index (χ0) is 10.6. The van der Waals surface area contributed by atoms with Gasteiger partial charge in [0.05, 0.1) is 6.54 Å². The van der Waals surface area contributed by atoms with Gasteiger partial charge in [-0.15, -0.1) is 6.42 Å². The Hall–Kier alpha value is -1.27. The smallest absolute Gasteiger partial charge is 0.250 e. The Bertz CT molecular complexity index is 293. The van der Waals surface area contributed by atoms with Crippen LogP contribution in [0.15, 0.2) is 11.1 Å². The minimum atomic E-state index is 0.0713. The summed E-state index contributed by atoms with van der Waals surface area (Å²) in [6.07, 6.45) is 5.19. The van der Waals surface area contributed by atoms with E-state index in [2.05, 4.69) is 11.2 Å². The van der Waals surface area contributed by atoms with Crippen molar-refractivity contribution in [3.05, 3.63) is 11.1 Å². The van der Waals surface area contributed by atoms with Crippen molar-refractivity contribution >= 4 is 5.91 Å². The summed E-state index contributed by atoms with van der Waals surface area (Å²) in [5.74, 6) is 2.57. The second-order valence-electron chi connectivity index (χ2n) is 3.36. The first-order valence-corrected chi connectivity index (χ1v) is 4.82. The number of hydrogen-bond acceptors (Lipinski definition) is 2. The van der Waals surface area contributed by atoms with Gasteiger partial charge in [0.1, 0.15) is 0 Å². The van der Waals surface area contributed by atoms with Gasteiger partial charge >= 0.3 is 0 Å². The summed E-state index contributed by atoms with van der Waals surface area (Å²) in [4.78, 5) is 13.5. The minimum absolute atomic E-state index is 0.0713. The molecule has 0 bridgehead atoms. The van der Waals surface area contributed by atoms with E-state index < -0.39 is 0 Å². The quantitative estimate of drug-likeness (QED) is 0.518. The summed E-state index contributed by atoms with van der Waals surface area (Å²) in [5.41, 5.74) is 2.05. The van der Waals surface area contributed by atoms with Crippen LogP contribution < -0.4 is 5.32 Å². The maximum Gasteiger partial charge on any atom is 0.250 e. The number of rotatable bonds is 3. The number of carbonyl (C=O) groups is 1. The molecule has 0 unspecified atom stereocenters. The van der Waals surface area contributed by atoms with E-state index in [9.17, 15) is 4.79 Å². The molecule has 1 aliphatic heterocycles. The first kappa shape index (κ1) is 10.8. The molecule has 0 aliphatic carbocycles. The lowest BCUT2D eigenvalue weighted by Crippen LogP contribution is -2.39. The van der Waals surface area contributed by atoms with Crippen LogP contribution in [0.5, 0.6) is 0 Å². The van der Waals surface area contributed by atoms with Gasteiger partial charge in [-0.25, -0.2) is 0 Å². The highest BCUT2D eigenvalue weighted by Gasteiger charge is 2.19. The number of amides is 1. The van der Waals surface area contributed by atoms with E-state index >= 15 is 0 Å². The minimum Gasteiger partial charge on any atom is -0.328 e. The Labute approximate surface area is 85.2 Å². The molecule has 3 heteroatoms. The van der Waals surface area contributed by atoms with Crippen LogP contribution in [-0.2, 0) is 4.79 Å². The zero-order valence-electron chi connectivity index (χ0n) is 8.76. The molecule has 0 aromatic carbocycles. The van der Waals surface area contributed by atoms with Crippen LogP contribution in [0.2, 0.25) is 0 Å². The van der Waals surface area contributed by atoms with E-state index in [4.69, 9.17) is 6.42 Å². The number of likely N-dealkylation sites (N-methyl/N-ethyl adjacent to an activating group) is 1. The number of nitrogens with one attached hydrogen (secondary N) is 1. The van der Waals surface area contributed by atoms with Gasteiger partial charge in [-0.2, -0.15) is 0 Å². The van der Waals surface area contributed by atoms with E-state index in [1.54, 1.807) is 4.90 Å². The Morgan fingerprint density at radius 1 is 1.64 bits per heavy atom. The lowest BCUT2D eigenvalue weighted by atomic mass is 10.0. The predicted octanol–water partition coefficient (Wildman–Crippen LogP) is 0.388. The molecule has 1 rings (SSSR count). The molecular formula is C11H16N2O. The van der Waals surface area contributed by atoms with Crippen LogP contribution in [0.4, 0.5) is 0 Å². The fourth-order valence-corrected chi connectivity index (χ4v) is 1.34. The van der Waals surface area contributed by atoms with Gasteiger partial charge in [-0.3, -0.25) is 4.79 Å². The monoisotopic (exact) mass is 192 g/mol. The summed E-state index contributed by atoms with van der Waals surface area (Å²) >= 11 is 0. The second-order valence-corrected chi connectivity index (χ2v) is 3.36. The van der Waals surface area contributed by atoms with Crippen LogP contribution in [0.1, 0.15) is 13.8 Å². The highest BCUT2D eigenvalue weighted by molar-refractivity contribution is 5.94. The van der Waals surface area contributed by atoms with Gasteiger partial charge in [-0.05, 0) is 19.4 Å².